The molecule has 0 aliphatic carbocycles. The van der Waals surface area contributed by atoms with Crippen LogP contribution >= 0.6 is 0 Å². The molecule has 3 aromatic heterocycles. The maximum atomic E-state index is 13.2. The minimum Gasteiger partial charge on any atom is -0.472 e. The van der Waals surface area contributed by atoms with Gasteiger partial charge in [-0.3, -0.25) is 9.69 Å². The molecule has 0 bridgehead atoms. The lowest BCUT2D eigenvalue weighted by Crippen LogP contribution is -2.41. The molecule has 1 aliphatic heterocycles. The van der Waals surface area contributed by atoms with E-state index in [-0.39, 0.29) is 30.0 Å². The highest BCUT2D eigenvalue weighted by Gasteiger charge is 2.30. The van der Waals surface area contributed by atoms with Crippen LogP contribution in [-0.4, -0.2) is 42.6 Å². The molecule has 0 N–H and O–H groups in total. The van der Waals surface area contributed by atoms with Gasteiger partial charge in [-0.2, -0.15) is 0 Å². The van der Waals surface area contributed by atoms with Crippen molar-refractivity contribution in [3.05, 3.63) is 65.2 Å². The first-order chi connectivity index (χ1) is 15.5. The molecule has 0 fully saturated rings. The standard InChI is InChI=1S/C21H18FN7O3/c1-12-16(19(27-32-12)14-3-5-15(22)6-4-14)11-31-18-8-7-17(24-25-18)29-10-9-28-13(2)23-26-20(28)21(29)30/h3-8H,9-11H2,1-2H3. The maximum Gasteiger partial charge on any atom is 0.297 e. The van der Waals surface area contributed by atoms with E-state index in [4.69, 9.17) is 9.26 Å². The minimum atomic E-state index is -0.329. The second-order valence-corrected chi connectivity index (χ2v) is 7.27. The number of aromatic nitrogens is 6. The smallest absolute Gasteiger partial charge is 0.297 e. The summed E-state index contributed by atoms with van der Waals surface area (Å²) in [6, 6.07) is 9.28. The van der Waals surface area contributed by atoms with E-state index in [1.807, 2.05) is 6.92 Å². The summed E-state index contributed by atoms with van der Waals surface area (Å²) in [6.45, 7) is 4.75. The van der Waals surface area contributed by atoms with Crippen LogP contribution in [-0.2, 0) is 13.2 Å². The summed E-state index contributed by atoms with van der Waals surface area (Å²) >= 11 is 0. The molecule has 0 unspecified atom stereocenters. The lowest BCUT2D eigenvalue weighted by molar-refractivity contribution is 0.0957. The van der Waals surface area contributed by atoms with E-state index in [0.717, 1.165) is 11.1 Å². The number of carbonyl (C=O) groups is 1. The van der Waals surface area contributed by atoms with Gasteiger partial charge in [0.2, 0.25) is 11.7 Å². The fourth-order valence-electron chi connectivity index (χ4n) is 3.52. The zero-order chi connectivity index (χ0) is 22.2. The Bertz CT molecular complexity index is 1280. The normalized spacial score (nSPS) is 13.3. The summed E-state index contributed by atoms with van der Waals surface area (Å²) in [4.78, 5) is 14.2. The Balaban J connectivity index is 1.30. The third-order valence-corrected chi connectivity index (χ3v) is 5.29. The van der Waals surface area contributed by atoms with E-state index < -0.39 is 0 Å². The number of aryl methyl sites for hydroxylation is 2. The Labute approximate surface area is 181 Å². The van der Waals surface area contributed by atoms with Crippen molar-refractivity contribution in [1.29, 1.82) is 0 Å². The molecular weight excluding hydrogens is 417 g/mol. The van der Waals surface area contributed by atoms with Gasteiger partial charge in [0.1, 0.15) is 29.7 Å². The lowest BCUT2D eigenvalue weighted by atomic mass is 10.1. The van der Waals surface area contributed by atoms with Crippen LogP contribution in [0.5, 0.6) is 5.88 Å². The molecular formula is C21H18FN7O3. The Morgan fingerprint density at radius 2 is 1.84 bits per heavy atom. The maximum absolute atomic E-state index is 13.2. The summed E-state index contributed by atoms with van der Waals surface area (Å²) in [5.41, 5.74) is 2.02. The van der Waals surface area contributed by atoms with E-state index in [1.54, 1.807) is 35.8 Å². The SMILES string of the molecule is Cc1onc(-c2ccc(F)cc2)c1COc1ccc(N2CCn3c(C)nnc3C2=O)nn1. The van der Waals surface area contributed by atoms with Gasteiger partial charge in [-0.15, -0.1) is 20.4 Å². The van der Waals surface area contributed by atoms with E-state index >= 15 is 0 Å². The van der Waals surface area contributed by atoms with Crippen molar-refractivity contribution in [2.45, 2.75) is 27.0 Å². The topological polar surface area (TPSA) is 112 Å². The molecule has 11 heteroatoms. The predicted molar refractivity (Wildman–Crippen MR) is 109 cm³/mol. The third kappa shape index (κ3) is 3.47. The number of halogens is 1. The number of nitrogens with zero attached hydrogens (tertiary/aromatic N) is 7. The van der Waals surface area contributed by atoms with Crippen molar-refractivity contribution in [3.8, 4) is 17.1 Å². The lowest BCUT2D eigenvalue weighted by Gasteiger charge is -2.26. The number of amides is 1. The molecule has 10 nitrogen and oxygen atoms in total. The molecule has 0 saturated heterocycles. The summed E-state index contributed by atoms with van der Waals surface area (Å²) in [5, 5.41) is 20.2. The number of anilines is 1. The van der Waals surface area contributed by atoms with Gasteiger partial charge in [-0.1, -0.05) is 5.16 Å². The Morgan fingerprint density at radius 3 is 2.59 bits per heavy atom. The van der Waals surface area contributed by atoms with Crippen molar-refractivity contribution in [2.24, 2.45) is 0 Å². The molecule has 32 heavy (non-hydrogen) atoms. The van der Waals surface area contributed by atoms with E-state index in [9.17, 15) is 9.18 Å². The van der Waals surface area contributed by atoms with Crippen molar-refractivity contribution in [3.63, 3.8) is 0 Å². The Morgan fingerprint density at radius 1 is 1.03 bits per heavy atom. The molecule has 162 valence electrons. The van der Waals surface area contributed by atoms with E-state index in [2.05, 4.69) is 25.6 Å². The zero-order valence-corrected chi connectivity index (χ0v) is 17.3. The van der Waals surface area contributed by atoms with Crippen LogP contribution in [0.1, 0.15) is 27.8 Å². The monoisotopic (exact) mass is 435 g/mol. The van der Waals surface area contributed by atoms with E-state index in [0.29, 0.717) is 36.2 Å². The molecule has 5 rings (SSSR count). The number of hydrogen-bond donors (Lipinski definition) is 0. The molecule has 1 amide bonds. The van der Waals surface area contributed by atoms with Crippen molar-refractivity contribution >= 4 is 11.7 Å². The average molecular weight is 435 g/mol. The van der Waals surface area contributed by atoms with Crippen LogP contribution < -0.4 is 9.64 Å². The molecule has 0 atom stereocenters. The van der Waals surface area contributed by atoms with Crippen molar-refractivity contribution in [1.82, 2.24) is 30.1 Å². The first-order valence-corrected chi connectivity index (χ1v) is 9.90. The van der Waals surface area contributed by atoms with Crippen LogP contribution in [0.3, 0.4) is 0 Å². The average Bonchev–Trinajstić information content (AvgIpc) is 3.37. The second-order valence-electron chi connectivity index (χ2n) is 7.27. The summed E-state index contributed by atoms with van der Waals surface area (Å²) in [7, 11) is 0. The first-order valence-electron chi connectivity index (χ1n) is 9.90. The van der Waals surface area contributed by atoms with Gasteiger partial charge in [0.15, 0.2) is 5.82 Å². The van der Waals surface area contributed by atoms with Gasteiger partial charge in [0.05, 0.1) is 5.56 Å². The summed E-state index contributed by atoms with van der Waals surface area (Å²) < 4.78 is 26.1. The summed E-state index contributed by atoms with van der Waals surface area (Å²) in [5.74, 6) is 1.66. The third-order valence-electron chi connectivity index (χ3n) is 5.29. The first kappa shape index (κ1) is 19.8. The van der Waals surface area contributed by atoms with Gasteiger partial charge >= 0.3 is 0 Å². The molecule has 1 aromatic carbocycles. The van der Waals surface area contributed by atoms with Crippen LogP contribution in [0.25, 0.3) is 11.3 Å². The molecule has 4 aromatic rings. The number of hydrogen-bond acceptors (Lipinski definition) is 8. The van der Waals surface area contributed by atoms with Gasteiger partial charge in [0, 0.05) is 24.7 Å². The number of benzene rings is 1. The summed E-state index contributed by atoms with van der Waals surface area (Å²) in [6.07, 6.45) is 0. The van der Waals surface area contributed by atoms with Crippen LogP contribution in [0, 0.1) is 19.7 Å². The van der Waals surface area contributed by atoms with Crippen LogP contribution in [0.15, 0.2) is 40.9 Å². The highest BCUT2D eigenvalue weighted by atomic mass is 19.1. The van der Waals surface area contributed by atoms with Crippen LogP contribution in [0.2, 0.25) is 0 Å². The van der Waals surface area contributed by atoms with E-state index in [1.165, 1.54) is 17.0 Å². The molecule has 4 heterocycles. The second kappa shape index (κ2) is 7.84. The quantitative estimate of drug-likeness (QED) is 0.470. The fourth-order valence-corrected chi connectivity index (χ4v) is 3.52. The van der Waals surface area contributed by atoms with Crippen molar-refractivity contribution < 1.29 is 18.4 Å². The van der Waals surface area contributed by atoms with Crippen LogP contribution in [0.4, 0.5) is 10.2 Å². The molecule has 1 aliphatic rings. The molecule has 0 radical (unpaired) electrons. The fraction of sp³-hybridized carbons (Fsp3) is 0.238. The number of carbonyl (C=O) groups excluding carboxylic acids is 1. The highest BCUT2D eigenvalue weighted by molar-refractivity contribution is 6.03. The van der Waals surface area contributed by atoms with Gasteiger partial charge in [-0.05, 0) is 44.2 Å². The Kier molecular flexibility index (Phi) is 4.85. The highest BCUT2D eigenvalue weighted by Crippen LogP contribution is 2.27. The predicted octanol–water partition coefficient (Wildman–Crippen LogP) is 2.72. The van der Waals surface area contributed by atoms with Gasteiger partial charge in [-0.25, -0.2) is 4.39 Å². The van der Waals surface area contributed by atoms with Crippen molar-refractivity contribution in [2.75, 3.05) is 11.4 Å². The molecule has 0 spiro atoms. The number of fused-ring (bicyclic) bond motifs is 1. The zero-order valence-electron chi connectivity index (χ0n) is 17.3. The van der Waals surface area contributed by atoms with Gasteiger partial charge in [0.25, 0.3) is 5.91 Å². The van der Waals surface area contributed by atoms with Gasteiger partial charge < -0.3 is 13.8 Å². The largest absolute Gasteiger partial charge is 0.472 e. The number of rotatable bonds is 5. The number of ether oxygens (including phenoxy) is 1. The Hall–Kier alpha value is -4.15. The minimum absolute atomic E-state index is 0.140. The molecule has 0 saturated carbocycles.